The van der Waals surface area contributed by atoms with Crippen molar-refractivity contribution < 1.29 is 42.3 Å². The normalized spacial score (nSPS) is 9.23. The van der Waals surface area contributed by atoms with Gasteiger partial charge in [-0.05, 0) is 39.3 Å². The first-order valence-electron chi connectivity index (χ1n) is 3.45. The Kier molecular flexibility index (Phi) is 24.9. The van der Waals surface area contributed by atoms with Crippen molar-refractivity contribution in [2.24, 2.45) is 0 Å². The smallest absolute Gasteiger partial charge is 0.179 e. The molecular formula is C6H24O4Si2Ti. The van der Waals surface area contributed by atoms with Crippen molar-refractivity contribution >= 4 is 16.6 Å². The van der Waals surface area contributed by atoms with Crippen molar-refractivity contribution in [1.82, 2.24) is 0 Å². The van der Waals surface area contributed by atoms with Crippen LogP contribution in [0.2, 0.25) is 39.3 Å². The Bertz CT molecular complexity index is 65.6. The summed E-state index contributed by atoms with van der Waals surface area (Å²) < 4.78 is 0. The van der Waals surface area contributed by atoms with Gasteiger partial charge in [-0.15, -0.1) is 0 Å². The van der Waals surface area contributed by atoms with Crippen LogP contribution >= 0.6 is 0 Å². The van der Waals surface area contributed by atoms with Gasteiger partial charge >= 0.3 is 0 Å². The maximum atomic E-state index is 8.66. The molecule has 0 atom stereocenters. The van der Waals surface area contributed by atoms with E-state index >= 15 is 0 Å². The second-order valence-electron chi connectivity index (χ2n) is 4.34. The second-order valence-corrected chi connectivity index (χ2v) is 13.0. The average Bonchev–Trinajstić information content (AvgIpc) is 1.12. The van der Waals surface area contributed by atoms with Gasteiger partial charge in [0.2, 0.25) is 0 Å². The van der Waals surface area contributed by atoms with Crippen LogP contribution in [0.1, 0.15) is 0 Å². The molecule has 7 heteroatoms. The summed E-state index contributed by atoms with van der Waals surface area (Å²) in [5.41, 5.74) is 0. The van der Waals surface area contributed by atoms with Crippen molar-refractivity contribution in [2.75, 3.05) is 0 Å². The molecule has 0 spiro atoms. The summed E-state index contributed by atoms with van der Waals surface area (Å²) in [5, 5.41) is 0. The van der Waals surface area contributed by atoms with E-state index in [1.54, 1.807) is 0 Å². The summed E-state index contributed by atoms with van der Waals surface area (Å²) in [6.45, 7) is 11.3. The Morgan fingerprint density at radius 2 is 0.615 bits per heavy atom. The van der Waals surface area contributed by atoms with Crippen LogP contribution in [0.3, 0.4) is 0 Å². The molecule has 0 saturated carbocycles. The molecule has 0 bridgehead atoms. The number of hydrogen-bond donors (Lipinski definition) is 2. The van der Waals surface area contributed by atoms with E-state index in [0.29, 0.717) is 0 Å². The third-order valence-corrected chi connectivity index (χ3v) is 0. The van der Waals surface area contributed by atoms with Gasteiger partial charge in [0.15, 0.2) is 16.6 Å². The Labute approximate surface area is 98.1 Å². The maximum absolute atomic E-state index is 8.66. The fraction of sp³-hybridized carbons (Fsp3) is 1.00. The van der Waals surface area contributed by atoms with Crippen LogP contribution in [0.5, 0.6) is 0 Å². The van der Waals surface area contributed by atoms with Crippen molar-refractivity contribution in [2.45, 2.75) is 39.3 Å². The van der Waals surface area contributed by atoms with Gasteiger partial charge < -0.3 is 20.5 Å². The predicted molar refractivity (Wildman–Crippen MR) is 58.4 cm³/mol. The van der Waals surface area contributed by atoms with E-state index in [-0.39, 0.29) is 32.7 Å². The van der Waals surface area contributed by atoms with Crippen LogP contribution in [0.25, 0.3) is 0 Å². The van der Waals surface area contributed by atoms with E-state index in [0.717, 1.165) is 0 Å². The molecule has 84 valence electrons. The molecule has 0 aliphatic heterocycles. The Morgan fingerprint density at radius 1 is 0.615 bits per heavy atom. The topological polar surface area (TPSA) is 103 Å². The standard InChI is InChI=1S/2C3H10OSi.2H2O.Ti/c2*1-5(2,3)4;;;/h2*4H,1-3H3;2*1H2;. The summed E-state index contributed by atoms with van der Waals surface area (Å²) in [6.07, 6.45) is 0. The summed E-state index contributed by atoms with van der Waals surface area (Å²) in [7, 11) is -3.22. The van der Waals surface area contributed by atoms with Gasteiger partial charge in [0.25, 0.3) is 0 Å². The fourth-order valence-electron chi connectivity index (χ4n) is 0. The van der Waals surface area contributed by atoms with Crippen molar-refractivity contribution in [3.05, 3.63) is 0 Å². The molecule has 0 aromatic carbocycles. The van der Waals surface area contributed by atoms with Gasteiger partial charge in [-0.1, -0.05) is 0 Å². The third-order valence-electron chi connectivity index (χ3n) is 0. The van der Waals surface area contributed by atoms with Gasteiger partial charge in [0, 0.05) is 21.7 Å². The van der Waals surface area contributed by atoms with Crippen LogP contribution < -0.4 is 0 Å². The first-order chi connectivity index (χ1) is 4.00. The van der Waals surface area contributed by atoms with E-state index in [1.807, 2.05) is 39.3 Å². The molecule has 0 aliphatic rings. The monoisotopic (exact) mass is 264 g/mol. The summed E-state index contributed by atoms with van der Waals surface area (Å²) >= 11 is 0. The quantitative estimate of drug-likeness (QED) is 0.600. The van der Waals surface area contributed by atoms with Gasteiger partial charge in [0.1, 0.15) is 0 Å². The van der Waals surface area contributed by atoms with E-state index in [9.17, 15) is 0 Å². The molecule has 0 unspecified atom stereocenters. The summed E-state index contributed by atoms with van der Waals surface area (Å²) in [6, 6.07) is 0. The molecule has 6 N–H and O–H groups in total. The van der Waals surface area contributed by atoms with Crippen LogP contribution in [0.15, 0.2) is 0 Å². The molecule has 4 nitrogen and oxygen atoms in total. The van der Waals surface area contributed by atoms with Crippen molar-refractivity contribution in [3.63, 3.8) is 0 Å². The molecular weight excluding hydrogens is 240 g/mol. The number of rotatable bonds is 0. The van der Waals surface area contributed by atoms with Crippen molar-refractivity contribution in [1.29, 1.82) is 0 Å². The first-order valence-corrected chi connectivity index (χ1v) is 10.3. The van der Waals surface area contributed by atoms with Crippen LogP contribution in [-0.4, -0.2) is 37.2 Å². The van der Waals surface area contributed by atoms with Gasteiger partial charge in [0.05, 0.1) is 0 Å². The third kappa shape index (κ3) is 1610. The van der Waals surface area contributed by atoms with Crippen LogP contribution in [0, 0.1) is 0 Å². The minimum Gasteiger partial charge on any atom is -0.433 e. The van der Waals surface area contributed by atoms with Crippen LogP contribution in [0.4, 0.5) is 0 Å². The molecule has 0 heterocycles. The Balaban J connectivity index is -0.0000000267. The molecule has 0 fully saturated rings. The second kappa shape index (κ2) is 11.1. The van der Waals surface area contributed by atoms with E-state index in [4.69, 9.17) is 9.59 Å². The molecule has 0 aromatic rings. The van der Waals surface area contributed by atoms with Crippen LogP contribution in [-0.2, 0) is 21.7 Å². The molecule has 0 radical (unpaired) electrons. The molecule has 0 rings (SSSR count). The zero-order chi connectivity index (χ0) is 9.00. The zero-order valence-electron chi connectivity index (χ0n) is 9.39. The fourth-order valence-corrected chi connectivity index (χ4v) is 0. The number of hydrogen-bond acceptors (Lipinski definition) is 2. The summed E-state index contributed by atoms with van der Waals surface area (Å²) in [5.74, 6) is 0. The molecule has 0 amide bonds. The van der Waals surface area contributed by atoms with E-state index in [2.05, 4.69) is 0 Å². The SMILES string of the molecule is C[Si](C)(C)O.C[Si](C)(C)O.O.O.[Ti]. The minimum absolute atomic E-state index is 0. The molecule has 0 aromatic heterocycles. The molecule has 13 heavy (non-hydrogen) atoms. The van der Waals surface area contributed by atoms with E-state index in [1.165, 1.54) is 0 Å². The predicted octanol–water partition coefficient (Wildman–Crippen LogP) is -0.0247. The molecule has 0 saturated heterocycles. The minimum atomic E-state index is -1.61. The zero-order valence-corrected chi connectivity index (χ0v) is 13.0. The average molecular weight is 264 g/mol. The first kappa shape index (κ1) is 29.2. The summed E-state index contributed by atoms with van der Waals surface area (Å²) in [4.78, 5) is 17.3. The largest absolute Gasteiger partial charge is 0.433 e. The molecule has 0 aliphatic carbocycles. The Hall–Kier alpha value is 0.988. The maximum Gasteiger partial charge on any atom is 0.179 e. The van der Waals surface area contributed by atoms with E-state index < -0.39 is 16.6 Å². The van der Waals surface area contributed by atoms with Crippen molar-refractivity contribution in [3.8, 4) is 0 Å². The van der Waals surface area contributed by atoms with Gasteiger partial charge in [-0.25, -0.2) is 0 Å². The van der Waals surface area contributed by atoms with Gasteiger partial charge in [-0.2, -0.15) is 0 Å². The van der Waals surface area contributed by atoms with Gasteiger partial charge in [-0.3, -0.25) is 0 Å². The Morgan fingerprint density at radius 3 is 0.615 bits per heavy atom.